The summed E-state index contributed by atoms with van der Waals surface area (Å²) in [5, 5.41) is 12.0. The lowest BCUT2D eigenvalue weighted by Crippen LogP contribution is -2.32. The van der Waals surface area contributed by atoms with E-state index in [4.69, 9.17) is 10.8 Å². The third-order valence-electron chi connectivity index (χ3n) is 2.45. The predicted octanol–water partition coefficient (Wildman–Crippen LogP) is -0.454. The van der Waals surface area contributed by atoms with E-state index in [0.717, 1.165) is 12.5 Å². The molecule has 1 aliphatic rings. The molecule has 2 heterocycles. The Morgan fingerprint density at radius 2 is 2.38 bits per heavy atom. The first-order chi connectivity index (χ1) is 7.58. The molecule has 1 saturated heterocycles. The molecule has 7 heteroatoms. The maximum absolute atomic E-state index is 11.8. The van der Waals surface area contributed by atoms with Crippen molar-refractivity contribution < 1.29 is 19.2 Å². The Kier molecular flexibility index (Phi) is 2.61. The maximum Gasteiger partial charge on any atom is 0.374 e. The van der Waals surface area contributed by atoms with Gasteiger partial charge in [-0.1, -0.05) is 5.16 Å². The number of amides is 1. The fraction of sp³-hybridized carbons (Fsp3) is 0.444. The van der Waals surface area contributed by atoms with E-state index >= 15 is 0 Å². The standard InChI is InChI=1S/C9H11N3O4/c10-5-1-2-12(4-5)8(13)6-3-7(9(14)15)16-11-6/h3,5H,1-2,4,10H2,(H,14,15). The molecule has 2 rings (SSSR count). The number of aromatic nitrogens is 1. The predicted molar refractivity (Wildman–Crippen MR) is 52.0 cm³/mol. The van der Waals surface area contributed by atoms with Crippen LogP contribution in [-0.2, 0) is 0 Å². The summed E-state index contributed by atoms with van der Waals surface area (Å²) in [6, 6.07) is 1.10. The summed E-state index contributed by atoms with van der Waals surface area (Å²) >= 11 is 0. The van der Waals surface area contributed by atoms with Gasteiger partial charge < -0.3 is 20.3 Å². The molecule has 86 valence electrons. The Balaban J connectivity index is 2.11. The van der Waals surface area contributed by atoms with Crippen molar-refractivity contribution in [2.24, 2.45) is 5.73 Å². The number of aromatic carboxylic acids is 1. The lowest BCUT2D eigenvalue weighted by Gasteiger charge is -2.12. The van der Waals surface area contributed by atoms with Gasteiger partial charge in [0, 0.05) is 25.2 Å². The SMILES string of the molecule is NC1CCN(C(=O)c2cc(C(=O)O)on2)C1. The van der Waals surface area contributed by atoms with Crippen LogP contribution >= 0.6 is 0 Å². The number of rotatable bonds is 2. The van der Waals surface area contributed by atoms with Crippen molar-refractivity contribution in [3.8, 4) is 0 Å². The van der Waals surface area contributed by atoms with Gasteiger partial charge in [-0.2, -0.15) is 0 Å². The highest BCUT2D eigenvalue weighted by atomic mass is 16.5. The van der Waals surface area contributed by atoms with Crippen molar-refractivity contribution >= 4 is 11.9 Å². The van der Waals surface area contributed by atoms with Crippen molar-refractivity contribution in [3.63, 3.8) is 0 Å². The molecule has 0 aliphatic carbocycles. The average molecular weight is 225 g/mol. The molecule has 1 aromatic heterocycles. The number of nitrogens with zero attached hydrogens (tertiary/aromatic N) is 2. The lowest BCUT2D eigenvalue weighted by atomic mass is 10.3. The summed E-state index contributed by atoms with van der Waals surface area (Å²) in [4.78, 5) is 23.9. The molecule has 1 aliphatic heterocycles. The highest BCUT2D eigenvalue weighted by Crippen LogP contribution is 2.12. The molecule has 0 bridgehead atoms. The van der Waals surface area contributed by atoms with Crippen LogP contribution in [0.3, 0.4) is 0 Å². The third-order valence-corrected chi connectivity index (χ3v) is 2.45. The lowest BCUT2D eigenvalue weighted by molar-refractivity contribution is 0.0649. The van der Waals surface area contributed by atoms with Gasteiger partial charge in [-0.15, -0.1) is 0 Å². The Labute approximate surface area is 90.8 Å². The van der Waals surface area contributed by atoms with E-state index in [9.17, 15) is 9.59 Å². The second-order valence-electron chi connectivity index (χ2n) is 3.68. The van der Waals surface area contributed by atoms with Crippen LogP contribution in [0.25, 0.3) is 0 Å². The Hall–Kier alpha value is -1.89. The Morgan fingerprint density at radius 3 is 2.88 bits per heavy atom. The molecule has 1 unspecified atom stereocenters. The fourth-order valence-corrected chi connectivity index (χ4v) is 1.61. The van der Waals surface area contributed by atoms with Crippen LogP contribution in [0.5, 0.6) is 0 Å². The van der Waals surface area contributed by atoms with E-state index in [1.807, 2.05) is 0 Å². The number of carboxylic acid groups (broad SMARTS) is 1. The van der Waals surface area contributed by atoms with Gasteiger partial charge in [0.05, 0.1) is 0 Å². The van der Waals surface area contributed by atoms with E-state index in [1.54, 1.807) is 0 Å². The minimum Gasteiger partial charge on any atom is -0.475 e. The summed E-state index contributed by atoms with van der Waals surface area (Å²) in [7, 11) is 0. The number of carbonyl (C=O) groups excluding carboxylic acids is 1. The zero-order chi connectivity index (χ0) is 11.7. The maximum atomic E-state index is 11.8. The first-order valence-corrected chi connectivity index (χ1v) is 4.83. The summed E-state index contributed by atoms with van der Waals surface area (Å²) in [5.74, 6) is -1.93. The summed E-state index contributed by atoms with van der Waals surface area (Å²) in [5.41, 5.74) is 5.67. The number of likely N-dealkylation sites (tertiary alicyclic amines) is 1. The quantitative estimate of drug-likeness (QED) is 0.705. The van der Waals surface area contributed by atoms with E-state index in [1.165, 1.54) is 4.90 Å². The molecule has 3 N–H and O–H groups in total. The second-order valence-corrected chi connectivity index (χ2v) is 3.68. The van der Waals surface area contributed by atoms with Gasteiger partial charge in [0.2, 0.25) is 5.76 Å². The second kappa shape index (κ2) is 3.93. The first-order valence-electron chi connectivity index (χ1n) is 4.83. The van der Waals surface area contributed by atoms with E-state index < -0.39 is 5.97 Å². The molecule has 0 spiro atoms. The molecular formula is C9H11N3O4. The number of carbonyl (C=O) groups is 2. The molecular weight excluding hydrogens is 214 g/mol. The number of hydrogen-bond donors (Lipinski definition) is 2. The summed E-state index contributed by atoms with van der Waals surface area (Å²) in [6.45, 7) is 1.03. The first kappa shape index (κ1) is 10.6. The van der Waals surface area contributed by atoms with Crippen molar-refractivity contribution in [1.29, 1.82) is 0 Å². The van der Waals surface area contributed by atoms with Crippen LogP contribution in [0, 0.1) is 0 Å². The zero-order valence-corrected chi connectivity index (χ0v) is 8.42. The highest BCUT2D eigenvalue weighted by Gasteiger charge is 2.27. The fourth-order valence-electron chi connectivity index (χ4n) is 1.61. The van der Waals surface area contributed by atoms with E-state index in [0.29, 0.717) is 13.1 Å². The monoisotopic (exact) mass is 225 g/mol. The molecule has 1 aromatic rings. The number of carboxylic acids is 1. The molecule has 16 heavy (non-hydrogen) atoms. The Morgan fingerprint density at radius 1 is 1.62 bits per heavy atom. The van der Waals surface area contributed by atoms with Gasteiger partial charge >= 0.3 is 5.97 Å². The van der Waals surface area contributed by atoms with Crippen molar-refractivity contribution in [1.82, 2.24) is 10.1 Å². The number of nitrogens with two attached hydrogens (primary N) is 1. The van der Waals surface area contributed by atoms with Crippen LogP contribution in [-0.4, -0.2) is 46.2 Å². The zero-order valence-electron chi connectivity index (χ0n) is 8.42. The average Bonchev–Trinajstić information content (AvgIpc) is 2.84. The minimum absolute atomic E-state index is 0.00602. The van der Waals surface area contributed by atoms with Gasteiger partial charge in [-0.3, -0.25) is 4.79 Å². The minimum atomic E-state index is -1.25. The van der Waals surface area contributed by atoms with Gasteiger partial charge in [-0.05, 0) is 6.42 Å². The van der Waals surface area contributed by atoms with Crippen molar-refractivity contribution in [3.05, 3.63) is 17.5 Å². The van der Waals surface area contributed by atoms with Gasteiger partial charge in [0.15, 0.2) is 5.69 Å². The Bertz CT molecular complexity index is 428. The van der Waals surface area contributed by atoms with Crippen molar-refractivity contribution in [2.75, 3.05) is 13.1 Å². The molecule has 0 aromatic carbocycles. The van der Waals surface area contributed by atoms with Crippen LogP contribution < -0.4 is 5.73 Å². The number of hydrogen-bond acceptors (Lipinski definition) is 5. The van der Waals surface area contributed by atoms with E-state index in [-0.39, 0.29) is 23.4 Å². The third kappa shape index (κ3) is 1.89. The topological polar surface area (TPSA) is 110 Å². The molecule has 0 saturated carbocycles. The molecule has 1 fully saturated rings. The summed E-state index contributed by atoms with van der Waals surface area (Å²) in [6.07, 6.45) is 0.745. The normalized spacial score (nSPS) is 20.1. The van der Waals surface area contributed by atoms with Crippen LogP contribution in [0.1, 0.15) is 27.5 Å². The van der Waals surface area contributed by atoms with Gasteiger partial charge in [-0.25, -0.2) is 4.79 Å². The van der Waals surface area contributed by atoms with Crippen LogP contribution in [0.4, 0.5) is 0 Å². The molecule has 1 atom stereocenters. The molecule has 0 radical (unpaired) electrons. The van der Waals surface area contributed by atoms with Crippen molar-refractivity contribution in [2.45, 2.75) is 12.5 Å². The smallest absolute Gasteiger partial charge is 0.374 e. The summed E-state index contributed by atoms with van der Waals surface area (Å²) < 4.78 is 4.51. The van der Waals surface area contributed by atoms with Gasteiger partial charge in [0.25, 0.3) is 5.91 Å². The van der Waals surface area contributed by atoms with Crippen LogP contribution in [0.2, 0.25) is 0 Å². The highest BCUT2D eigenvalue weighted by molar-refractivity contribution is 5.95. The van der Waals surface area contributed by atoms with Gasteiger partial charge in [0.1, 0.15) is 0 Å². The van der Waals surface area contributed by atoms with Crippen LogP contribution in [0.15, 0.2) is 10.6 Å². The largest absolute Gasteiger partial charge is 0.475 e. The van der Waals surface area contributed by atoms with E-state index in [2.05, 4.69) is 9.68 Å². The molecule has 1 amide bonds. The molecule has 7 nitrogen and oxygen atoms in total.